The van der Waals surface area contributed by atoms with Gasteiger partial charge < -0.3 is 10.1 Å². The van der Waals surface area contributed by atoms with Crippen LogP contribution in [0.15, 0.2) is 54.1 Å². The fraction of sp³-hybridized carbons (Fsp3) is 0.429. The molecule has 4 rings (SSSR count). The van der Waals surface area contributed by atoms with Gasteiger partial charge in [0.25, 0.3) is 11.8 Å². The largest absolute Gasteiger partial charge is 0.494 e. The van der Waals surface area contributed by atoms with Crippen LogP contribution >= 0.6 is 22.6 Å². The number of halogens is 7. The fourth-order valence-corrected chi connectivity index (χ4v) is 6.35. The Kier molecular flexibility index (Phi) is 9.74. The number of sulfonamides is 1. The summed E-state index contributed by atoms with van der Waals surface area (Å²) in [6, 6.07) is 10.8. The number of amides is 2. The van der Waals surface area contributed by atoms with Crippen LogP contribution in [0.1, 0.15) is 56.1 Å². The molecule has 1 aliphatic heterocycles. The van der Waals surface area contributed by atoms with Crippen LogP contribution in [-0.2, 0) is 25.2 Å². The number of alkyl halides is 6. The SMILES string of the molecule is O=C1N[C@@](c2ccc(OCCCCCC(F)(F)F)cc2)(C(F)(F)F)CC(c2ccc(I)cc2)=C1C(=O)NS(=O)(=O)C1CC1. The van der Waals surface area contributed by atoms with Crippen LogP contribution in [0, 0.1) is 3.57 Å². The lowest BCUT2D eigenvalue weighted by atomic mass is 9.76. The van der Waals surface area contributed by atoms with E-state index in [-0.39, 0.29) is 41.9 Å². The third-order valence-corrected chi connectivity index (χ3v) is 9.66. The quantitative estimate of drug-likeness (QED) is 0.125. The summed E-state index contributed by atoms with van der Waals surface area (Å²) in [4.78, 5) is 26.4. The number of benzene rings is 2. The molecule has 2 amide bonds. The van der Waals surface area contributed by atoms with Gasteiger partial charge in [-0.3, -0.25) is 9.59 Å². The molecule has 15 heteroatoms. The zero-order chi connectivity index (χ0) is 31.6. The van der Waals surface area contributed by atoms with Crippen molar-refractivity contribution in [1.82, 2.24) is 10.0 Å². The van der Waals surface area contributed by atoms with Crippen molar-refractivity contribution in [1.29, 1.82) is 0 Å². The molecule has 1 aliphatic carbocycles. The second kappa shape index (κ2) is 12.7. The number of carbonyl (C=O) groups excluding carboxylic acids is 2. The van der Waals surface area contributed by atoms with Gasteiger partial charge in [0.1, 0.15) is 11.3 Å². The minimum Gasteiger partial charge on any atom is -0.494 e. The highest BCUT2D eigenvalue weighted by atomic mass is 127. The first-order valence-corrected chi connectivity index (χ1v) is 15.9. The van der Waals surface area contributed by atoms with Crippen molar-refractivity contribution in [3.63, 3.8) is 0 Å². The van der Waals surface area contributed by atoms with Crippen LogP contribution < -0.4 is 14.8 Å². The van der Waals surface area contributed by atoms with Crippen LogP contribution in [0.4, 0.5) is 26.3 Å². The standard InChI is InChI=1S/C28H27F6IN2O5S/c29-27(30,31)14-2-1-3-15-42-20-10-6-18(7-11-20)26(28(32,33)34)16-22(17-4-8-19(35)9-5-17)23(24(38)36-26)25(39)37-43(40,41)21-12-13-21/h4-11,21H,1-3,12-16H2,(H,36,38)(H,37,39)/t26-/m0/s1. The summed E-state index contributed by atoms with van der Waals surface area (Å²) in [6.07, 6.45) is -9.97. The Morgan fingerprint density at radius 3 is 2.16 bits per heavy atom. The summed E-state index contributed by atoms with van der Waals surface area (Å²) in [6.45, 7) is 0.0558. The second-order valence-electron chi connectivity index (χ2n) is 10.4. The molecule has 0 spiro atoms. The molecule has 2 N–H and O–H groups in total. The number of rotatable bonds is 11. The minimum absolute atomic E-state index is 0.0558. The molecule has 43 heavy (non-hydrogen) atoms. The number of ether oxygens (including phenoxy) is 1. The number of unbranched alkanes of at least 4 members (excludes halogenated alkanes) is 2. The Balaban J connectivity index is 1.63. The van der Waals surface area contributed by atoms with Gasteiger partial charge in [-0.2, -0.15) is 26.3 Å². The lowest BCUT2D eigenvalue weighted by Crippen LogP contribution is -2.60. The maximum Gasteiger partial charge on any atom is 0.416 e. The van der Waals surface area contributed by atoms with E-state index in [2.05, 4.69) is 0 Å². The van der Waals surface area contributed by atoms with Crippen molar-refractivity contribution >= 4 is 50.0 Å². The van der Waals surface area contributed by atoms with Gasteiger partial charge in [-0.1, -0.05) is 24.3 Å². The minimum atomic E-state index is -5.06. The van der Waals surface area contributed by atoms with Crippen LogP contribution in [0.5, 0.6) is 5.75 Å². The van der Waals surface area contributed by atoms with Crippen molar-refractivity contribution in [3.05, 3.63) is 68.8 Å². The van der Waals surface area contributed by atoms with E-state index in [9.17, 15) is 44.3 Å². The average Bonchev–Trinajstić information content (AvgIpc) is 3.76. The second-order valence-corrected chi connectivity index (χ2v) is 13.6. The molecule has 1 atom stereocenters. The monoisotopic (exact) mass is 744 g/mol. The molecule has 2 aliphatic rings. The Bertz CT molecular complexity index is 1490. The smallest absolute Gasteiger partial charge is 0.416 e. The molecule has 1 fully saturated rings. The van der Waals surface area contributed by atoms with Crippen LogP contribution in [0.25, 0.3) is 5.57 Å². The average molecular weight is 744 g/mol. The lowest BCUT2D eigenvalue weighted by Gasteiger charge is -2.41. The van der Waals surface area contributed by atoms with Crippen molar-refractivity contribution in [2.75, 3.05) is 6.61 Å². The highest BCUT2D eigenvalue weighted by molar-refractivity contribution is 14.1. The van der Waals surface area contributed by atoms with Crippen molar-refractivity contribution < 1.29 is 49.1 Å². The number of hydrogen-bond acceptors (Lipinski definition) is 5. The van der Waals surface area contributed by atoms with Crippen LogP contribution in [0.3, 0.4) is 0 Å². The Morgan fingerprint density at radius 1 is 0.977 bits per heavy atom. The summed E-state index contributed by atoms with van der Waals surface area (Å²) in [5.41, 5.74) is -4.20. The first kappa shape index (κ1) is 33.1. The summed E-state index contributed by atoms with van der Waals surface area (Å²) < 4.78 is 114. The van der Waals surface area contributed by atoms with Gasteiger partial charge in [-0.15, -0.1) is 0 Å². The third-order valence-electron chi connectivity index (χ3n) is 7.12. The maximum absolute atomic E-state index is 14.9. The van der Waals surface area contributed by atoms with Gasteiger partial charge in [-0.05, 0) is 95.7 Å². The van der Waals surface area contributed by atoms with E-state index in [1.807, 2.05) is 32.6 Å². The molecule has 0 bridgehead atoms. The summed E-state index contributed by atoms with van der Waals surface area (Å²) in [5.74, 6) is -2.52. The van der Waals surface area contributed by atoms with Gasteiger partial charge in [0.05, 0.1) is 11.9 Å². The maximum atomic E-state index is 14.9. The third kappa shape index (κ3) is 8.02. The molecule has 2 aromatic carbocycles. The number of nitrogens with one attached hydrogen (secondary N) is 2. The number of hydrogen-bond donors (Lipinski definition) is 2. The predicted octanol–water partition coefficient (Wildman–Crippen LogP) is 6.13. The topological polar surface area (TPSA) is 102 Å². The van der Waals surface area contributed by atoms with Crippen molar-refractivity contribution in [2.45, 2.75) is 68.1 Å². The molecule has 1 saturated carbocycles. The van der Waals surface area contributed by atoms with E-state index < -0.39 is 63.4 Å². The van der Waals surface area contributed by atoms with Crippen molar-refractivity contribution in [3.8, 4) is 5.75 Å². The molecule has 1 heterocycles. The lowest BCUT2D eigenvalue weighted by molar-refractivity contribution is -0.201. The molecule has 0 aromatic heterocycles. The van der Waals surface area contributed by atoms with Gasteiger partial charge in [0.15, 0.2) is 5.54 Å². The Labute approximate surface area is 257 Å². The zero-order valence-electron chi connectivity index (χ0n) is 22.4. The predicted molar refractivity (Wildman–Crippen MR) is 153 cm³/mol. The Morgan fingerprint density at radius 2 is 1.60 bits per heavy atom. The van der Waals surface area contributed by atoms with E-state index in [4.69, 9.17) is 4.74 Å². The van der Waals surface area contributed by atoms with Crippen LogP contribution in [-0.4, -0.2) is 44.4 Å². The van der Waals surface area contributed by atoms with E-state index in [0.29, 0.717) is 19.3 Å². The highest BCUT2D eigenvalue weighted by Crippen LogP contribution is 2.48. The molecular weight excluding hydrogens is 717 g/mol. The van der Waals surface area contributed by atoms with E-state index >= 15 is 0 Å². The molecule has 0 saturated heterocycles. The van der Waals surface area contributed by atoms with E-state index in [1.54, 1.807) is 12.1 Å². The molecular formula is C28H27F6IN2O5S. The van der Waals surface area contributed by atoms with E-state index in [0.717, 1.165) is 15.7 Å². The van der Waals surface area contributed by atoms with Crippen LogP contribution in [0.2, 0.25) is 0 Å². The van der Waals surface area contributed by atoms with E-state index in [1.165, 1.54) is 24.3 Å². The zero-order valence-corrected chi connectivity index (χ0v) is 25.4. The van der Waals surface area contributed by atoms with Gasteiger partial charge in [0, 0.05) is 16.4 Å². The summed E-state index contributed by atoms with van der Waals surface area (Å²) in [5, 5.41) is 1.14. The van der Waals surface area contributed by atoms with Gasteiger partial charge in [-0.25, -0.2) is 13.1 Å². The number of carbonyl (C=O) groups is 2. The van der Waals surface area contributed by atoms with Gasteiger partial charge >= 0.3 is 12.4 Å². The summed E-state index contributed by atoms with van der Waals surface area (Å²) in [7, 11) is -4.11. The Hall–Kier alpha value is -2.82. The molecule has 0 unspecified atom stereocenters. The normalized spacial score (nSPS) is 19.7. The molecule has 7 nitrogen and oxygen atoms in total. The van der Waals surface area contributed by atoms with Crippen molar-refractivity contribution in [2.24, 2.45) is 0 Å². The highest BCUT2D eigenvalue weighted by Gasteiger charge is 2.60. The van der Waals surface area contributed by atoms with Gasteiger partial charge in [0.2, 0.25) is 10.0 Å². The fourth-order valence-electron chi connectivity index (χ4n) is 4.71. The molecule has 0 radical (unpaired) electrons. The summed E-state index contributed by atoms with van der Waals surface area (Å²) >= 11 is 1.98. The molecule has 234 valence electrons. The first-order valence-electron chi connectivity index (χ1n) is 13.3. The molecule has 2 aromatic rings. The first-order chi connectivity index (χ1) is 20.0.